The minimum atomic E-state index is -1.07. The first kappa shape index (κ1) is 17.9. The van der Waals surface area contributed by atoms with Crippen molar-refractivity contribution in [2.75, 3.05) is 14.2 Å². The molecule has 0 N–H and O–H groups in total. The van der Waals surface area contributed by atoms with Crippen LogP contribution in [0, 0.1) is 0 Å². The Balaban J connectivity index is 3.15. The van der Waals surface area contributed by atoms with Crippen LogP contribution < -0.4 is 9.47 Å². The van der Waals surface area contributed by atoms with Gasteiger partial charge in [-0.2, -0.15) is 0 Å². The van der Waals surface area contributed by atoms with Crippen molar-refractivity contribution in [1.29, 1.82) is 0 Å². The summed E-state index contributed by atoms with van der Waals surface area (Å²) >= 11 is 11.5. The van der Waals surface area contributed by atoms with Gasteiger partial charge in [0.15, 0.2) is 16.3 Å². The SMILES string of the molecule is COc1ccc(C(C)N(C(=O)C(Cl)Cl)C(C)C)cc1OC. The van der Waals surface area contributed by atoms with Gasteiger partial charge in [0.25, 0.3) is 5.91 Å². The number of carbonyl (C=O) groups is 1. The second-order valence-electron chi connectivity index (χ2n) is 4.93. The van der Waals surface area contributed by atoms with Crippen molar-refractivity contribution in [2.45, 2.75) is 37.7 Å². The van der Waals surface area contributed by atoms with E-state index >= 15 is 0 Å². The Morgan fingerprint density at radius 3 is 2.10 bits per heavy atom. The van der Waals surface area contributed by atoms with Crippen LogP contribution in [0.15, 0.2) is 18.2 Å². The third-order valence-corrected chi connectivity index (χ3v) is 3.68. The van der Waals surface area contributed by atoms with Gasteiger partial charge < -0.3 is 14.4 Å². The molecular formula is C15H21Cl2NO3. The van der Waals surface area contributed by atoms with Crippen molar-refractivity contribution in [3.63, 3.8) is 0 Å². The molecule has 0 aliphatic carbocycles. The first-order valence-corrected chi connectivity index (χ1v) is 7.53. The van der Waals surface area contributed by atoms with Gasteiger partial charge in [-0.1, -0.05) is 29.3 Å². The van der Waals surface area contributed by atoms with Crippen molar-refractivity contribution in [3.05, 3.63) is 23.8 Å². The number of ether oxygens (including phenoxy) is 2. The van der Waals surface area contributed by atoms with Crippen LogP contribution >= 0.6 is 23.2 Å². The second-order valence-corrected chi connectivity index (χ2v) is 6.03. The van der Waals surface area contributed by atoms with Gasteiger partial charge in [0.2, 0.25) is 0 Å². The van der Waals surface area contributed by atoms with Gasteiger partial charge in [-0.15, -0.1) is 0 Å². The molecule has 0 saturated carbocycles. The average molecular weight is 334 g/mol. The van der Waals surface area contributed by atoms with Gasteiger partial charge in [-0.3, -0.25) is 4.79 Å². The zero-order valence-electron chi connectivity index (χ0n) is 12.9. The smallest absolute Gasteiger partial charge is 0.256 e. The first-order valence-electron chi connectivity index (χ1n) is 6.65. The number of alkyl halides is 2. The topological polar surface area (TPSA) is 38.8 Å². The van der Waals surface area contributed by atoms with Crippen LogP contribution in [0.2, 0.25) is 0 Å². The summed E-state index contributed by atoms with van der Waals surface area (Å²) in [6.07, 6.45) is 0. The number of methoxy groups -OCH3 is 2. The third-order valence-electron chi connectivity index (χ3n) is 3.30. The molecule has 0 heterocycles. The maximum absolute atomic E-state index is 12.2. The Kier molecular flexibility index (Phi) is 6.62. The molecule has 4 nitrogen and oxygen atoms in total. The number of hydrogen-bond donors (Lipinski definition) is 0. The minimum absolute atomic E-state index is 0.0272. The molecule has 1 aromatic carbocycles. The zero-order valence-corrected chi connectivity index (χ0v) is 14.4. The summed E-state index contributed by atoms with van der Waals surface area (Å²) in [6, 6.07) is 5.35. The number of rotatable bonds is 6. The summed E-state index contributed by atoms with van der Waals surface area (Å²) < 4.78 is 10.5. The Bertz CT molecular complexity index is 492. The molecule has 0 fully saturated rings. The van der Waals surface area contributed by atoms with E-state index in [0.717, 1.165) is 5.56 Å². The number of hydrogen-bond acceptors (Lipinski definition) is 3. The molecule has 0 radical (unpaired) electrons. The first-order chi connectivity index (χ1) is 9.83. The molecule has 6 heteroatoms. The molecule has 0 aromatic heterocycles. The molecule has 1 rings (SSSR count). The lowest BCUT2D eigenvalue weighted by Gasteiger charge is -2.34. The predicted octanol–water partition coefficient (Wildman–Crippen LogP) is 3.81. The molecule has 0 aliphatic rings. The van der Waals surface area contributed by atoms with Crippen LogP contribution in [0.25, 0.3) is 0 Å². The van der Waals surface area contributed by atoms with E-state index in [0.29, 0.717) is 11.5 Å². The summed E-state index contributed by atoms with van der Waals surface area (Å²) in [5.74, 6) is 0.949. The molecule has 0 bridgehead atoms. The fourth-order valence-electron chi connectivity index (χ4n) is 2.28. The Hall–Kier alpha value is -1.13. The molecule has 1 unspecified atom stereocenters. The fourth-order valence-corrected chi connectivity index (χ4v) is 2.50. The molecule has 1 atom stereocenters. The lowest BCUT2D eigenvalue weighted by Crippen LogP contribution is -2.41. The van der Waals surface area contributed by atoms with E-state index in [9.17, 15) is 4.79 Å². The Labute approximate surface area is 135 Å². The summed E-state index contributed by atoms with van der Waals surface area (Å²) in [4.78, 5) is 12.8. The van der Waals surface area contributed by atoms with Gasteiger partial charge in [0.05, 0.1) is 20.3 Å². The van der Waals surface area contributed by atoms with Crippen molar-refractivity contribution in [1.82, 2.24) is 4.90 Å². The van der Waals surface area contributed by atoms with Crippen molar-refractivity contribution < 1.29 is 14.3 Å². The molecule has 0 spiro atoms. The molecule has 118 valence electrons. The summed E-state index contributed by atoms with van der Waals surface area (Å²) in [5, 5.41) is 0. The van der Waals surface area contributed by atoms with Gasteiger partial charge >= 0.3 is 0 Å². The normalized spacial score (nSPS) is 12.4. The standard InChI is InChI=1S/C15H21Cl2NO3/c1-9(2)18(15(19)14(16)17)10(3)11-6-7-12(20-4)13(8-11)21-5/h6-10,14H,1-5H3. The van der Waals surface area contributed by atoms with Crippen LogP contribution in [0.5, 0.6) is 11.5 Å². The van der Waals surface area contributed by atoms with E-state index in [1.165, 1.54) is 0 Å². The highest BCUT2D eigenvalue weighted by atomic mass is 35.5. The summed E-state index contributed by atoms with van der Waals surface area (Å²) in [6.45, 7) is 5.77. The van der Waals surface area contributed by atoms with Crippen molar-refractivity contribution in [2.24, 2.45) is 0 Å². The Morgan fingerprint density at radius 1 is 1.10 bits per heavy atom. The van der Waals surface area contributed by atoms with Crippen LogP contribution in [-0.2, 0) is 4.79 Å². The third kappa shape index (κ3) is 4.17. The van der Waals surface area contributed by atoms with E-state index < -0.39 is 4.84 Å². The van der Waals surface area contributed by atoms with Gasteiger partial charge in [0, 0.05) is 6.04 Å². The molecular weight excluding hydrogens is 313 g/mol. The van der Waals surface area contributed by atoms with Gasteiger partial charge in [0.1, 0.15) is 0 Å². The van der Waals surface area contributed by atoms with Crippen LogP contribution in [0.4, 0.5) is 0 Å². The number of halogens is 2. The molecule has 1 aromatic rings. The van der Waals surface area contributed by atoms with Gasteiger partial charge in [-0.05, 0) is 38.5 Å². The lowest BCUT2D eigenvalue weighted by atomic mass is 10.0. The second kappa shape index (κ2) is 7.76. The average Bonchev–Trinajstić information content (AvgIpc) is 2.45. The molecule has 0 saturated heterocycles. The monoisotopic (exact) mass is 333 g/mol. The number of amides is 1. The van der Waals surface area contributed by atoms with Gasteiger partial charge in [-0.25, -0.2) is 0 Å². The van der Waals surface area contributed by atoms with E-state index in [2.05, 4.69) is 0 Å². The number of benzene rings is 1. The molecule has 0 aliphatic heterocycles. The van der Waals surface area contributed by atoms with Crippen molar-refractivity contribution >= 4 is 29.1 Å². The number of nitrogens with zero attached hydrogens (tertiary/aromatic N) is 1. The molecule has 1 amide bonds. The van der Waals surface area contributed by atoms with E-state index in [1.807, 2.05) is 39.0 Å². The van der Waals surface area contributed by atoms with Crippen LogP contribution in [0.1, 0.15) is 32.4 Å². The zero-order chi connectivity index (χ0) is 16.2. The lowest BCUT2D eigenvalue weighted by molar-refractivity contribution is -0.133. The maximum atomic E-state index is 12.2. The van der Waals surface area contributed by atoms with E-state index in [1.54, 1.807) is 19.1 Å². The summed E-state index contributed by atoms with van der Waals surface area (Å²) in [5.41, 5.74) is 0.920. The quantitative estimate of drug-likeness (QED) is 0.743. The molecule has 21 heavy (non-hydrogen) atoms. The Morgan fingerprint density at radius 2 is 1.67 bits per heavy atom. The van der Waals surface area contributed by atoms with Crippen LogP contribution in [0.3, 0.4) is 0 Å². The highest BCUT2D eigenvalue weighted by molar-refractivity contribution is 6.53. The van der Waals surface area contributed by atoms with Crippen LogP contribution in [-0.4, -0.2) is 35.9 Å². The highest BCUT2D eigenvalue weighted by Crippen LogP contribution is 2.33. The maximum Gasteiger partial charge on any atom is 0.256 e. The predicted molar refractivity (Wildman–Crippen MR) is 85.4 cm³/mol. The van der Waals surface area contributed by atoms with E-state index in [4.69, 9.17) is 32.7 Å². The highest BCUT2D eigenvalue weighted by Gasteiger charge is 2.28. The summed E-state index contributed by atoms with van der Waals surface area (Å²) in [7, 11) is 3.15. The van der Waals surface area contributed by atoms with E-state index in [-0.39, 0.29) is 18.0 Å². The fraction of sp³-hybridized carbons (Fsp3) is 0.533. The van der Waals surface area contributed by atoms with Crippen molar-refractivity contribution in [3.8, 4) is 11.5 Å². The largest absolute Gasteiger partial charge is 0.493 e. The number of carbonyl (C=O) groups excluding carboxylic acids is 1. The minimum Gasteiger partial charge on any atom is -0.493 e.